The van der Waals surface area contributed by atoms with E-state index in [0.29, 0.717) is 0 Å². The fourth-order valence-electron chi connectivity index (χ4n) is 0.453. The molecule has 0 aliphatic rings. The second-order valence-corrected chi connectivity index (χ2v) is 2.02. The first-order valence-corrected chi connectivity index (χ1v) is 3.34. The molecule has 0 saturated carbocycles. The van der Waals surface area contributed by atoms with Gasteiger partial charge in [0.2, 0.25) is 0 Å². The first-order valence-electron chi connectivity index (χ1n) is 3.34. The Kier molecular flexibility index (Phi) is 5.38. The predicted octanol–water partition coefficient (Wildman–Crippen LogP) is 0.692. The van der Waals surface area contributed by atoms with Crippen molar-refractivity contribution in [2.24, 2.45) is 5.90 Å². The molecule has 0 bridgehead atoms. The molecular weight excluding hydrogens is 156 g/mol. The Morgan fingerprint density at radius 1 is 1.33 bits per heavy atom. The van der Waals surface area contributed by atoms with Crippen molar-refractivity contribution in [1.82, 2.24) is 0 Å². The standard InChI is InChI=1S/C6H7N.C2H5NO2/c7-6-4-2-1-3-5-6;1-2(4)5-3/h1-5H,7H2;3H2,1H3. The van der Waals surface area contributed by atoms with Crippen molar-refractivity contribution in [2.75, 3.05) is 5.73 Å². The highest BCUT2D eigenvalue weighted by atomic mass is 16.7. The number of hydrogen-bond donors (Lipinski definition) is 2. The summed E-state index contributed by atoms with van der Waals surface area (Å²) in [7, 11) is 0. The summed E-state index contributed by atoms with van der Waals surface area (Å²) in [6.07, 6.45) is 0. The molecule has 0 spiro atoms. The van der Waals surface area contributed by atoms with E-state index in [1.165, 1.54) is 6.92 Å². The number of hydrogen-bond acceptors (Lipinski definition) is 4. The molecule has 0 aromatic heterocycles. The second kappa shape index (κ2) is 6.18. The van der Waals surface area contributed by atoms with Crippen LogP contribution in [0.2, 0.25) is 0 Å². The smallest absolute Gasteiger partial charge is 0.321 e. The van der Waals surface area contributed by atoms with Crippen LogP contribution in [0, 0.1) is 0 Å². The number of para-hydroxylation sites is 1. The summed E-state index contributed by atoms with van der Waals surface area (Å²) in [6, 6.07) is 9.49. The lowest BCUT2D eigenvalue weighted by atomic mass is 10.3. The highest BCUT2D eigenvalue weighted by molar-refractivity contribution is 5.65. The summed E-state index contributed by atoms with van der Waals surface area (Å²) < 4.78 is 0. The van der Waals surface area contributed by atoms with Gasteiger partial charge in [-0.25, -0.2) is 0 Å². The molecule has 0 aliphatic carbocycles. The van der Waals surface area contributed by atoms with E-state index in [2.05, 4.69) is 10.7 Å². The third kappa shape index (κ3) is 6.57. The van der Waals surface area contributed by atoms with E-state index in [1.807, 2.05) is 30.3 Å². The van der Waals surface area contributed by atoms with E-state index in [-0.39, 0.29) is 0 Å². The molecule has 1 aromatic carbocycles. The van der Waals surface area contributed by atoms with Crippen molar-refractivity contribution in [1.29, 1.82) is 0 Å². The number of carbonyl (C=O) groups is 1. The zero-order chi connectivity index (χ0) is 9.40. The van der Waals surface area contributed by atoms with Crippen LogP contribution in [-0.2, 0) is 9.63 Å². The van der Waals surface area contributed by atoms with Gasteiger partial charge in [0.15, 0.2) is 0 Å². The van der Waals surface area contributed by atoms with E-state index in [1.54, 1.807) is 0 Å². The molecule has 0 aliphatic heterocycles. The Balaban J connectivity index is 0.000000217. The molecule has 0 unspecified atom stereocenters. The highest BCUT2D eigenvalue weighted by Gasteiger charge is 1.77. The molecule has 0 fully saturated rings. The normalized spacial score (nSPS) is 7.83. The van der Waals surface area contributed by atoms with Crippen molar-refractivity contribution in [2.45, 2.75) is 6.92 Å². The SMILES string of the molecule is CC(=O)ON.Nc1ccccc1. The van der Waals surface area contributed by atoms with Crippen molar-refractivity contribution in [3.05, 3.63) is 30.3 Å². The summed E-state index contributed by atoms with van der Waals surface area (Å²) in [5.41, 5.74) is 6.18. The maximum absolute atomic E-state index is 9.47. The maximum atomic E-state index is 9.47. The van der Waals surface area contributed by atoms with Crippen LogP contribution in [-0.4, -0.2) is 5.97 Å². The van der Waals surface area contributed by atoms with Crippen LogP contribution in [0.3, 0.4) is 0 Å². The van der Waals surface area contributed by atoms with Gasteiger partial charge in [0.1, 0.15) is 0 Å². The van der Waals surface area contributed by atoms with E-state index >= 15 is 0 Å². The van der Waals surface area contributed by atoms with Gasteiger partial charge in [0, 0.05) is 12.6 Å². The molecule has 0 saturated heterocycles. The minimum atomic E-state index is -0.468. The third-order valence-corrected chi connectivity index (χ3v) is 0.966. The summed E-state index contributed by atoms with van der Waals surface area (Å²) in [5, 5.41) is 0. The van der Waals surface area contributed by atoms with Crippen LogP contribution in [0.1, 0.15) is 6.92 Å². The largest absolute Gasteiger partial charge is 0.399 e. The lowest BCUT2D eigenvalue weighted by Crippen LogP contribution is -2.03. The number of rotatable bonds is 0. The van der Waals surface area contributed by atoms with E-state index in [9.17, 15) is 4.79 Å². The van der Waals surface area contributed by atoms with Gasteiger partial charge in [-0.2, -0.15) is 5.90 Å². The number of nitrogen functional groups attached to an aromatic ring is 1. The molecule has 12 heavy (non-hydrogen) atoms. The summed E-state index contributed by atoms with van der Waals surface area (Å²) >= 11 is 0. The van der Waals surface area contributed by atoms with Gasteiger partial charge in [-0.15, -0.1) is 0 Å². The Bertz CT molecular complexity index is 224. The number of anilines is 1. The maximum Gasteiger partial charge on any atom is 0.321 e. The zero-order valence-electron chi connectivity index (χ0n) is 6.86. The Labute approximate surface area is 71.1 Å². The summed E-state index contributed by atoms with van der Waals surface area (Å²) in [5.74, 6) is 3.85. The topological polar surface area (TPSA) is 78.3 Å². The quantitative estimate of drug-likeness (QED) is 0.441. The van der Waals surface area contributed by atoms with Crippen LogP contribution in [0.15, 0.2) is 30.3 Å². The lowest BCUT2D eigenvalue weighted by Gasteiger charge is -1.83. The Morgan fingerprint density at radius 2 is 1.75 bits per heavy atom. The Hall–Kier alpha value is -1.55. The minimum absolute atomic E-state index is 0.468. The molecule has 4 N–H and O–H groups in total. The fourth-order valence-corrected chi connectivity index (χ4v) is 0.453. The van der Waals surface area contributed by atoms with Crippen molar-refractivity contribution in [3.8, 4) is 0 Å². The molecule has 66 valence electrons. The number of carbonyl (C=O) groups excluding carboxylic acids is 1. The van der Waals surface area contributed by atoms with Gasteiger partial charge in [0.05, 0.1) is 0 Å². The molecule has 4 nitrogen and oxygen atoms in total. The minimum Gasteiger partial charge on any atom is -0.399 e. The van der Waals surface area contributed by atoms with Crippen LogP contribution < -0.4 is 11.6 Å². The lowest BCUT2D eigenvalue weighted by molar-refractivity contribution is -0.141. The van der Waals surface area contributed by atoms with Gasteiger partial charge in [-0.3, -0.25) is 4.79 Å². The molecule has 0 heterocycles. The van der Waals surface area contributed by atoms with Gasteiger partial charge < -0.3 is 10.6 Å². The zero-order valence-corrected chi connectivity index (χ0v) is 6.86. The van der Waals surface area contributed by atoms with Crippen molar-refractivity contribution in [3.63, 3.8) is 0 Å². The van der Waals surface area contributed by atoms with Crippen LogP contribution in [0.4, 0.5) is 5.69 Å². The second-order valence-electron chi connectivity index (χ2n) is 2.02. The molecule has 1 rings (SSSR count). The van der Waals surface area contributed by atoms with Gasteiger partial charge in [0.25, 0.3) is 0 Å². The first-order chi connectivity index (χ1) is 5.66. The third-order valence-electron chi connectivity index (χ3n) is 0.966. The first kappa shape index (κ1) is 10.4. The van der Waals surface area contributed by atoms with Crippen LogP contribution in [0.25, 0.3) is 0 Å². The molecular formula is C8H12N2O2. The number of benzene rings is 1. The van der Waals surface area contributed by atoms with E-state index in [0.717, 1.165) is 5.69 Å². The molecule has 0 radical (unpaired) electrons. The predicted molar refractivity (Wildman–Crippen MR) is 46.8 cm³/mol. The average Bonchev–Trinajstić information content (AvgIpc) is 2.07. The fraction of sp³-hybridized carbons (Fsp3) is 0.125. The van der Waals surface area contributed by atoms with Gasteiger partial charge in [-0.05, 0) is 12.1 Å². The van der Waals surface area contributed by atoms with Gasteiger partial charge in [-0.1, -0.05) is 18.2 Å². The van der Waals surface area contributed by atoms with Crippen molar-refractivity contribution >= 4 is 11.7 Å². The number of nitrogens with two attached hydrogens (primary N) is 2. The highest BCUT2D eigenvalue weighted by Crippen LogP contribution is 1.95. The van der Waals surface area contributed by atoms with Gasteiger partial charge >= 0.3 is 5.97 Å². The molecule has 0 atom stereocenters. The van der Waals surface area contributed by atoms with E-state index in [4.69, 9.17) is 5.73 Å². The summed E-state index contributed by atoms with van der Waals surface area (Å²) in [4.78, 5) is 13.1. The van der Waals surface area contributed by atoms with Crippen LogP contribution in [0.5, 0.6) is 0 Å². The van der Waals surface area contributed by atoms with E-state index < -0.39 is 5.97 Å². The Morgan fingerprint density at radius 3 is 1.92 bits per heavy atom. The monoisotopic (exact) mass is 168 g/mol. The van der Waals surface area contributed by atoms with Crippen molar-refractivity contribution < 1.29 is 9.63 Å². The molecule has 1 aromatic rings. The summed E-state index contributed by atoms with van der Waals surface area (Å²) in [6.45, 7) is 1.24. The molecule has 0 amide bonds. The average molecular weight is 168 g/mol. The van der Waals surface area contributed by atoms with Crippen LogP contribution >= 0.6 is 0 Å². The molecule has 4 heteroatoms.